The number of nitrogens with zero attached hydrogens (tertiary/aromatic N) is 1. The molecule has 1 amide bonds. The molecule has 0 radical (unpaired) electrons. The summed E-state index contributed by atoms with van der Waals surface area (Å²) >= 11 is 0. The Balaban J connectivity index is 0.00000280. The highest BCUT2D eigenvalue weighted by atomic mass is 35.5. The summed E-state index contributed by atoms with van der Waals surface area (Å²) in [5, 5.41) is 6.40. The number of piperidine rings is 1. The molecule has 6 nitrogen and oxygen atoms in total. The molecule has 1 aromatic rings. The molecular formula is C20H32ClN3O3S. The zero-order chi connectivity index (χ0) is 19.4. The molecule has 2 fully saturated rings. The molecule has 1 aliphatic heterocycles. The largest absolute Gasteiger partial charge is 0.348 e. The van der Waals surface area contributed by atoms with Gasteiger partial charge in [0.15, 0.2) is 0 Å². The van der Waals surface area contributed by atoms with Gasteiger partial charge >= 0.3 is 0 Å². The number of hydrogen-bond acceptors (Lipinski definition) is 4. The van der Waals surface area contributed by atoms with Crippen molar-refractivity contribution in [1.82, 2.24) is 14.9 Å². The number of nitrogens with one attached hydrogen (secondary N) is 2. The molecule has 1 heterocycles. The first-order valence-electron chi connectivity index (χ1n) is 10.0. The first-order chi connectivity index (χ1) is 12.9. The summed E-state index contributed by atoms with van der Waals surface area (Å²) in [6.07, 6.45) is 7.08. The second-order valence-corrected chi connectivity index (χ2v) is 9.80. The van der Waals surface area contributed by atoms with Gasteiger partial charge in [-0.3, -0.25) is 4.79 Å². The summed E-state index contributed by atoms with van der Waals surface area (Å²) < 4.78 is 27.6. The number of amides is 1. The van der Waals surface area contributed by atoms with E-state index in [4.69, 9.17) is 0 Å². The van der Waals surface area contributed by atoms with Crippen LogP contribution in [0.4, 0.5) is 0 Å². The third kappa shape index (κ3) is 5.26. The summed E-state index contributed by atoms with van der Waals surface area (Å²) in [4.78, 5) is 12.9. The van der Waals surface area contributed by atoms with E-state index in [9.17, 15) is 13.2 Å². The minimum atomic E-state index is -3.60. The van der Waals surface area contributed by atoms with Crippen LogP contribution < -0.4 is 10.6 Å². The molecule has 2 aliphatic rings. The average molecular weight is 430 g/mol. The van der Waals surface area contributed by atoms with Gasteiger partial charge in [-0.2, -0.15) is 4.31 Å². The second kappa shape index (κ2) is 10.1. The molecule has 0 aromatic heterocycles. The van der Waals surface area contributed by atoms with Crippen LogP contribution in [0.15, 0.2) is 29.2 Å². The molecule has 1 saturated heterocycles. The molecule has 2 N–H and O–H groups in total. The number of halogens is 1. The molecule has 158 valence electrons. The van der Waals surface area contributed by atoms with Crippen molar-refractivity contribution >= 4 is 28.3 Å². The molecule has 1 saturated carbocycles. The Hall–Kier alpha value is -1.15. The molecule has 0 spiro atoms. The summed E-state index contributed by atoms with van der Waals surface area (Å²) in [6.45, 7) is 3.03. The number of sulfonamides is 1. The Morgan fingerprint density at radius 3 is 2.54 bits per heavy atom. The fraction of sp³-hybridized carbons (Fsp3) is 0.650. The van der Waals surface area contributed by atoms with Gasteiger partial charge < -0.3 is 10.6 Å². The van der Waals surface area contributed by atoms with Crippen molar-refractivity contribution < 1.29 is 13.2 Å². The zero-order valence-corrected chi connectivity index (χ0v) is 18.3. The van der Waals surface area contributed by atoms with Crippen LogP contribution in [0, 0.1) is 0 Å². The van der Waals surface area contributed by atoms with Crippen LogP contribution >= 0.6 is 12.4 Å². The van der Waals surface area contributed by atoms with E-state index in [-0.39, 0.29) is 41.3 Å². The lowest BCUT2D eigenvalue weighted by molar-refractivity contribution is 0.0919. The Bertz CT molecular complexity index is 766. The van der Waals surface area contributed by atoms with Crippen LogP contribution in [0.1, 0.15) is 62.2 Å². The van der Waals surface area contributed by atoms with Crippen LogP contribution in [-0.4, -0.2) is 50.3 Å². The van der Waals surface area contributed by atoms with Gasteiger partial charge in [-0.05, 0) is 57.4 Å². The van der Waals surface area contributed by atoms with Crippen molar-refractivity contribution in [2.75, 3.05) is 13.6 Å². The normalized spacial score (nSPS) is 23.8. The van der Waals surface area contributed by atoms with Crippen molar-refractivity contribution in [1.29, 1.82) is 0 Å². The maximum atomic E-state index is 13.0. The first-order valence-corrected chi connectivity index (χ1v) is 11.5. The molecule has 1 aliphatic carbocycles. The maximum Gasteiger partial charge on any atom is 0.251 e. The Morgan fingerprint density at radius 2 is 1.86 bits per heavy atom. The predicted molar refractivity (Wildman–Crippen MR) is 113 cm³/mol. The average Bonchev–Trinajstić information content (AvgIpc) is 2.70. The first kappa shape index (κ1) is 23.1. The van der Waals surface area contributed by atoms with Crippen molar-refractivity contribution in [3.8, 4) is 0 Å². The number of benzene rings is 1. The van der Waals surface area contributed by atoms with Crippen LogP contribution in [0.3, 0.4) is 0 Å². The maximum absolute atomic E-state index is 13.0. The molecule has 28 heavy (non-hydrogen) atoms. The van der Waals surface area contributed by atoms with Crippen molar-refractivity contribution in [2.45, 2.75) is 74.9 Å². The van der Waals surface area contributed by atoms with Gasteiger partial charge in [-0.25, -0.2) is 8.42 Å². The standard InChI is InChI=1S/C20H31N3O3S.ClH/c1-15-19(12-7-13-21-15)22-20(24)16-8-6-11-18(14-16)27(25,26)23(2)17-9-4-3-5-10-17;/h6,8,11,14-15,17,19,21H,3-5,7,9-10,12-13H2,1-2H3,(H,22,24);1H. The molecule has 2 atom stereocenters. The number of hydrogen-bond donors (Lipinski definition) is 2. The molecule has 2 unspecified atom stereocenters. The highest BCUT2D eigenvalue weighted by Crippen LogP contribution is 2.26. The van der Waals surface area contributed by atoms with E-state index < -0.39 is 10.0 Å². The van der Waals surface area contributed by atoms with Crippen LogP contribution in [0.2, 0.25) is 0 Å². The Morgan fingerprint density at radius 1 is 1.14 bits per heavy atom. The lowest BCUT2D eigenvalue weighted by Gasteiger charge is -2.31. The molecule has 3 rings (SSSR count). The lowest BCUT2D eigenvalue weighted by Crippen LogP contribution is -2.51. The third-order valence-corrected chi connectivity index (χ3v) is 7.85. The summed E-state index contributed by atoms with van der Waals surface area (Å²) in [5.74, 6) is -0.215. The Kier molecular flexibility index (Phi) is 8.30. The van der Waals surface area contributed by atoms with E-state index in [1.807, 2.05) is 0 Å². The van der Waals surface area contributed by atoms with Gasteiger partial charge in [0.05, 0.1) is 4.90 Å². The van der Waals surface area contributed by atoms with Gasteiger partial charge in [-0.1, -0.05) is 25.3 Å². The van der Waals surface area contributed by atoms with E-state index in [1.54, 1.807) is 25.2 Å². The lowest BCUT2D eigenvalue weighted by atomic mass is 9.96. The predicted octanol–water partition coefficient (Wildman–Crippen LogP) is 2.93. The molecule has 8 heteroatoms. The fourth-order valence-corrected chi connectivity index (χ4v) is 5.56. The summed E-state index contributed by atoms with van der Waals surface area (Å²) in [5.41, 5.74) is 0.394. The van der Waals surface area contributed by atoms with E-state index in [1.165, 1.54) is 16.8 Å². The van der Waals surface area contributed by atoms with Crippen molar-refractivity contribution in [3.05, 3.63) is 29.8 Å². The van der Waals surface area contributed by atoms with Crippen LogP contribution in [0.25, 0.3) is 0 Å². The monoisotopic (exact) mass is 429 g/mol. The van der Waals surface area contributed by atoms with Gasteiger partial charge in [0.2, 0.25) is 10.0 Å². The minimum absolute atomic E-state index is 0. The second-order valence-electron chi connectivity index (χ2n) is 7.81. The molecule has 1 aromatic carbocycles. The van der Waals surface area contributed by atoms with E-state index >= 15 is 0 Å². The summed E-state index contributed by atoms with van der Waals surface area (Å²) in [7, 11) is -1.94. The minimum Gasteiger partial charge on any atom is -0.348 e. The van der Waals surface area contributed by atoms with Gasteiger partial charge in [0, 0.05) is 30.7 Å². The van der Waals surface area contributed by atoms with Gasteiger partial charge in [0.1, 0.15) is 0 Å². The zero-order valence-electron chi connectivity index (χ0n) is 16.7. The molecular weight excluding hydrogens is 398 g/mol. The van der Waals surface area contributed by atoms with Crippen molar-refractivity contribution in [2.24, 2.45) is 0 Å². The molecule has 0 bridgehead atoms. The van der Waals surface area contributed by atoms with E-state index in [0.717, 1.165) is 45.1 Å². The smallest absolute Gasteiger partial charge is 0.251 e. The fourth-order valence-electron chi connectivity index (χ4n) is 4.10. The van der Waals surface area contributed by atoms with E-state index in [2.05, 4.69) is 17.6 Å². The van der Waals surface area contributed by atoms with Gasteiger partial charge in [-0.15, -0.1) is 12.4 Å². The third-order valence-electron chi connectivity index (χ3n) is 5.94. The van der Waals surface area contributed by atoms with Crippen molar-refractivity contribution in [3.63, 3.8) is 0 Å². The van der Waals surface area contributed by atoms with Crippen LogP contribution in [0.5, 0.6) is 0 Å². The SMILES string of the molecule is CC1NCCCC1NC(=O)c1cccc(S(=O)(=O)N(C)C2CCCCC2)c1.Cl. The highest BCUT2D eigenvalue weighted by Gasteiger charge is 2.30. The number of carbonyl (C=O) groups excluding carboxylic acids is 1. The van der Waals surface area contributed by atoms with E-state index in [0.29, 0.717) is 5.56 Å². The van der Waals surface area contributed by atoms with Gasteiger partial charge in [0.25, 0.3) is 5.91 Å². The number of carbonyl (C=O) groups is 1. The number of rotatable bonds is 5. The Labute approximate surface area is 174 Å². The highest BCUT2D eigenvalue weighted by molar-refractivity contribution is 7.89. The van der Waals surface area contributed by atoms with Crippen LogP contribution in [-0.2, 0) is 10.0 Å². The summed E-state index contributed by atoms with van der Waals surface area (Å²) in [6, 6.07) is 6.75. The topological polar surface area (TPSA) is 78.5 Å². The quantitative estimate of drug-likeness (QED) is 0.754.